The largest absolute Gasteiger partial charge is 0.322 e. The lowest BCUT2D eigenvalue weighted by molar-refractivity contribution is 0.143. The van der Waals surface area contributed by atoms with Gasteiger partial charge in [0.15, 0.2) is 0 Å². The Morgan fingerprint density at radius 2 is 1.69 bits per heavy atom. The minimum absolute atomic E-state index is 0.00683. The van der Waals surface area contributed by atoms with Gasteiger partial charge in [0.2, 0.25) is 0 Å². The van der Waals surface area contributed by atoms with E-state index in [9.17, 15) is 4.79 Å². The molecule has 1 aromatic heterocycles. The zero-order chi connectivity index (χ0) is 18.6. The zero-order valence-electron chi connectivity index (χ0n) is 15.9. The molecule has 0 bridgehead atoms. The van der Waals surface area contributed by atoms with E-state index < -0.39 is 0 Å². The highest BCUT2D eigenvalue weighted by Crippen LogP contribution is 2.29. The van der Waals surface area contributed by atoms with Gasteiger partial charge in [0.05, 0.1) is 0 Å². The van der Waals surface area contributed by atoms with Crippen LogP contribution in [0.3, 0.4) is 0 Å². The fourth-order valence-electron chi connectivity index (χ4n) is 3.30. The number of aromatic nitrogens is 1. The number of nitrogens with zero attached hydrogens (tertiary/aromatic N) is 3. The van der Waals surface area contributed by atoms with Gasteiger partial charge in [-0.3, -0.25) is 9.88 Å². The number of benzene rings is 1. The average Bonchev–Trinajstić information content (AvgIpc) is 2.63. The number of hydrogen-bond donors (Lipinski definition) is 1. The van der Waals surface area contributed by atoms with E-state index in [0.29, 0.717) is 0 Å². The Morgan fingerprint density at radius 3 is 2.35 bits per heavy atom. The second kappa shape index (κ2) is 7.87. The molecule has 0 aliphatic carbocycles. The molecule has 5 heteroatoms. The maximum atomic E-state index is 12.7. The van der Waals surface area contributed by atoms with Crippen LogP contribution in [0.4, 0.5) is 10.5 Å². The fraction of sp³-hybridized carbons (Fsp3) is 0.429. The van der Waals surface area contributed by atoms with Gasteiger partial charge in [0.25, 0.3) is 0 Å². The molecule has 1 aliphatic rings. The number of anilines is 1. The first-order valence-corrected chi connectivity index (χ1v) is 9.20. The second-order valence-corrected chi connectivity index (χ2v) is 7.84. The lowest BCUT2D eigenvalue weighted by atomic mass is 9.86. The molecule has 26 heavy (non-hydrogen) atoms. The molecule has 0 saturated carbocycles. The summed E-state index contributed by atoms with van der Waals surface area (Å²) >= 11 is 0. The van der Waals surface area contributed by atoms with Gasteiger partial charge in [-0.05, 0) is 34.7 Å². The van der Waals surface area contributed by atoms with Gasteiger partial charge in [-0.25, -0.2) is 4.79 Å². The maximum absolute atomic E-state index is 12.7. The molecule has 2 amide bonds. The number of nitrogens with one attached hydrogen (secondary N) is 1. The molecule has 1 aliphatic heterocycles. The molecule has 0 atom stereocenters. The number of para-hydroxylation sites is 1. The monoisotopic (exact) mass is 352 g/mol. The van der Waals surface area contributed by atoms with Gasteiger partial charge in [0.1, 0.15) is 0 Å². The first kappa shape index (κ1) is 18.4. The molecule has 1 saturated heterocycles. The number of hydrogen-bond acceptors (Lipinski definition) is 3. The Bertz CT molecular complexity index is 731. The van der Waals surface area contributed by atoms with Crippen LogP contribution >= 0.6 is 0 Å². The van der Waals surface area contributed by atoms with E-state index in [0.717, 1.165) is 44.0 Å². The molecule has 5 nitrogen and oxygen atoms in total. The molecule has 0 radical (unpaired) electrons. The Hall–Kier alpha value is -2.40. The third-order valence-electron chi connectivity index (χ3n) is 4.79. The molecule has 2 heterocycles. The van der Waals surface area contributed by atoms with Gasteiger partial charge in [0, 0.05) is 50.8 Å². The first-order chi connectivity index (χ1) is 12.4. The summed E-state index contributed by atoms with van der Waals surface area (Å²) in [7, 11) is 0. The van der Waals surface area contributed by atoms with Crippen molar-refractivity contribution in [1.29, 1.82) is 0 Å². The highest BCUT2D eigenvalue weighted by Gasteiger charge is 2.23. The zero-order valence-corrected chi connectivity index (χ0v) is 15.9. The summed E-state index contributed by atoms with van der Waals surface area (Å²) in [5, 5.41) is 3.11. The molecule has 1 aromatic carbocycles. The molecule has 1 N–H and O–H groups in total. The van der Waals surface area contributed by atoms with E-state index in [2.05, 4.69) is 42.0 Å². The fourth-order valence-corrected chi connectivity index (χ4v) is 3.30. The molecule has 1 fully saturated rings. The lowest BCUT2D eigenvalue weighted by Gasteiger charge is -2.35. The van der Waals surface area contributed by atoms with Crippen LogP contribution < -0.4 is 5.32 Å². The summed E-state index contributed by atoms with van der Waals surface area (Å²) in [6.45, 7) is 10.7. The van der Waals surface area contributed by atoms with Gasteiger partial charge in [-0.1, -0.05) is 39.0 Å². The Kier molecular flexibility index (Phi) is 5.57. The van der Waals surface area contributed by atoms with E-state index in [1.165, 1.54) is 5.56 Å². The number of pyridine rings is 1. The molecular formula is C21H28N4O. The van der Waals surface area contributed by atoms with Crippen molar-refractivity contribution in [1.82, 2.24) is 14.8 Å². The van der Waals surface area contributed by atoms with E-state index in [-0.39, 0.29) is 11.4 Å². The summed E-state index contributed by atoms with van der Waals surface area (Å²) in [6, 6.07) is 12.1. The van der Waals surface area contributed by atoms with Crippen LogP contribution in [0.2, 0.25) is 0 Å². The van der Waals surface area contributed by atoms with E-state index in [4.69, 9.17) is 0 Å². The van der Waals surface area contributed by atoms with Crippen LogP contribution in [-0.2, 0) is 12.0 Å². The Morgan fingerprint density at radius 1 is 1.04 bits per heavy atom. The molecular weight excluding hydrogens is 324 g/mol. The normalized spacial score (nSPS) is 15.7. The van der Waals surface area contributed by atoms with Gasteiger partial charge < -0.3 is 10.2 Å². The van der Waals surface area contributed by atoms with E-state index >= 15 is 0 Å². The number of urea groups is 1. The number of carbonyl (C=O) groups excluding carboxylic acids is 1. The van der Waals surface area contributed by atoms with Gasteiger partial charge >= 0.3 is 6.03 Å². The number of piperazine rings is 1. The first-order valence-electron chi connectivity index (χ1n) is 9.20. The summed E-state index contributed by atoms with van der Waals surface area (Å²) in [4.78, 5) is 21.0. The summed E-state index contributed by atoms with van der Waals surface area (Å²) in [5.74, 6) is 0. The Balaban J connectivity index is 1.56. The SMILES string of the molecule is CC(C)(C)c1ccccc1NC(=O)N1CCN(Cc2ccncc2)CC1. The van der Waals surface area contributed by atoms with Crippen LogP contribution in [0.5, 0.6) is 0 Å². The van der Waals surface area contributed by atoms with Crippen LogP contribution in [-0.4, -0.2) is 47.0 Å². The van der Waals surface area contributed by atoms with Crippen LogP contribution in [0.25, 0.3) is 0 Å². The van der Waals surface area contributed by atoms with Crippen molar-refractivity contribution in [3.63, 3.8) is 0 Å². The van der Waals surface area contributed by atoms with Crippen molar-refractivity contribution < 1.29 is 4.79 Å². The van der Waals surface area contributed by atoms with Crippen molar-refractivity contribution in [3.05, 3.63) is 59.9 Å². The molecule has 0 spiro atoms. The van der Waals surface area contributed by atoms with Crippen LogP contribution in [0.1, 0.15) is 31.9 Å². The van der Waals surface area contributed by atoms with Crippen molar-refractivity contribution in [2.75, 3.05) is 31.5 Å². The smallest absolute Gasteiger partial charge is 0.321 e. The average molecular weight is 352 g/mol. The van der Waals surface area contributed by atoms with E-state index in [1.54, 1.807) is 0 Å². The lowest BCUT2D eigenvalue weighted by Crippen LogP contribution is -2.49. The summed E-state index contributed by atoms with van der Waals surface area (Å²) in [5.41, 5.74) is 3.32. The number of carbonyl (C=O) groups is 1. The third kappa shape index (κ3) is 4.61. The van der Waals surface area contributed by atoms with Crippen molar-refractivity contribution in [3.8, 4) is 0 Å². The second-order valence-electron chi connectivity index (χ2n) is 7.84. The minimum Gasteiger partial charge on any atom is -0.322 e. The van der Waals surface area contributed by atoms with Gasteiger partial charge in [-0.2, -0.15) is 0 Å². The molecule has 3 rings (SSSR count). The molecule has 2 aromatic rings. The standard InChI is InChI=1S/C21H28N4O/c1-21(2,3)18-6-4-5-7-19(18)23-20(26)25-14-12-24(13-15-25)16-17-8-10-22-11-9-17/h4-11H,12-16H2,1-3H3,(H,23,26). The predicted molar refractivity (Wildman–Crippen MR) is 105 cm³/mol. The van der Waals surface area contributed by atoms with Crippen molar-refractivity contribution in [2.45, 2.75) is 32.7 Å². The van der Waals surface area contributed by atoms with Crippen LogP contribution in [0.15, 0.2) is 48.8 Å². The predicted octanol–water partition coefficient (Wildman–Crippen LogP) is 3.73. The number of rotatable bonds is 3. The third-order valence-corrected chi connectivity index (χ3v) is 4.79. The topological polar surface area (TPSA) is 48.5 Å². The minimum atomic E-state index is -0.00902. The van der Waals surface area contributed by atoms with E-state index in [1.807, 2.05) is 47.6 Å². The van der Waals surface area contributed by atoms with Crippen molar-refractivity contribution in [2.24, 2.45) is 0 Å². The van der Waals surface area contributed by atoms with Crippen molar-refractivity contribution >= 4 is 11.7 Å². The quantitative estimate of drug-likeness (QED) is 0.916. The maximum Gasteiger partial charge on any atom is 0.321 e. The van der Waals surface area contributed by atoms with Gasteiger partial charge in [-0.15, -0.1) is 0 Å². The summed E-state index contributed by atoms with van der Waals surface area (Å²) < 4.78 is 0. The summed E-state index contributed by atoms with van der Waals surface area (Å²) in [6.07, 6.45) is 3.65. The molecule has 138 valence electrons. The molecule has 0 unspecified atom stereocenters. The highest BCUT2D eigenvalue weighted by molar-refractivity contribution is 5.90. The highest BCUT2D eigenvalue weighted by atomic mass is 16.2. The Labute approximate surface area is 156 Å². The van der Waals surface area contributed by atoms with Crippen LogP contribution in [0, 0.1) is 0 Å². The number of amides is 2.